The van der Waals surface area contributed by atoms with Crippen LogP contribution in [0.3, 0.4) is 0 Å². The van der Waals surface area contributed by atoms with Crippen LogP contribution in [0.5, 0.6) is 11.5 Å². The molecule has 7 heteroatoms. The molecule has 0 aromatic heterocycles. The third-order valence-electron chi connectivity index (χ3n) is 3.63. The van der Waals surface area contributed by atoms with Gasteiger partial charge in [-0.15, -0.1) is 0 Å². The summed E-state index contributed by atoms with van der Waals surface area (Å²) >= 11 is 0. The van der Waals surface area contributed by atoms with E-state index in [1.54, 1.807) is 36.4 Å². The lowest BCUT2D eigenvalue weighted by molar-refractivity contribution is -0.148. The van der Waals surface area contributed by atoms with Crippen LogP contribution in [0.15, 0.2) is 48.5 Å². The van der Waals surface area contributed by atoms with Gasteiger partial charge < -0.3 is 24.4 Å². The van der Waals surface area contributed by atoms with Gasteiger partial charge in [0.1, 0.15) is 24.7 Å². The summed E-state index contributed by atoms with van der Waals surface area (Å²) in [7, 11) is 1.37. The molecule has 0 aliphatic rings. The second kappa shape index (κ2) is 9.43. The molecule has 0 saturated carbocycles. The number of methoxy groups -OCH3 is 1. The number of carboxylic acids is 2. The minimum atomic E-state index is -0.999. The fraction of sp³-hybridized carbons (Fsp3) is 0.263. The van der Waals surface area contributed by atoms with E-state index in [0.29, 0.717) is 24.7 Å². The summed E-state index contributed by atoms with van der Waals surface area (Å²) in [5.74, 6) is -0.777. The Kier molecular flexibility index (Phi) is 6.99. The van der Waals surface area contributed by atoms with Gasteiger partial charge in [-0.25, -0.2) is 9.59 Å². The number of aliphatic carboxylic acids is 1. The highest BCUT2D eigenvalue weighted by Gasteiger charge is 2.16. The van der Waals surface area contributed by atoms with Gasteiger partial charge in [-0.1, -0.05) is 12.1 Å². The van der Waals surface area contributed by atoms with Crippen molar-refractivity contribution < 1.29 is 34.0 Å². The van der Waals surface area contributed by atoms with Crippen LogP contribution in [0.1, 0.15) is 15.9 Å². The monoisotopic (exact) mass is 360 g/mol. The molecule has 138 valence electrons. The van der Waals surface area contributed by atoms with Crippen molar-refractivity contribution in [2.75, 3.05) is 20.3 Å². The van der Waals surface area contributed by atoms with Crippen LogP contribution in [-0.2, 0) is 16.0 Å². The zero-order chi connectivity index (χ0) is 18.9. The van der Waals surface area contributed by atoms with Crippen molar-refractivity contribution in [2.24, 2.45) is 0 Å². The van der Waals surface area contributed by atoms with Gasteiger partial charge >= 0.3 is 11.9 Å². The fourth-order valence-corrected chi connectivity index (χ4v) is 2.22. The summed E-state index contributed by atoms with van der Waals surface area (Å²) in [5, 5.41) is 17.8. The Balaban J connectivity index is 1.75. The molecule has 0 fully saturated rings. The quantitative estimate of drug-likeness (QED) is 0.628. The number of hydrogen-bond acceptors (Lipinski definition) is 5. The van der Waals surface area contributed by atoms with Gasteiger partial charge in [0, 0.05) is 13.5 Å². The molecule has 1 atom stereocenters. The zero-order valence-corrected chi connectivity index (χ0v) is 14.3. The molecule has 1 unspecified atom stereocenters. The van der Waals surface area contributed by atoms with E-state index >= 15 is 0 Å². The van der Waals surface area contributed by atoms with Gasteiger partial charge in [-0.05, 0) is 42.0 Å². The van der Waals surface area contributed by atoms with E-state index in [4.69, 9.17) is 24.4 Å². The first-order valence-electron chi connectivity index (χ1n) is 7.93. The third-order valence-corrected chi connectivity index (χ3v) is 3.63. The number of aromatic carboxylic acids is 1. The number of benzene rings is 2. The molecule has 0 radical (unpaired) electrons. The maximum absolute atomic E-state index is 11.0. The number of hydrogen-bond donors (Lipinski definition) is 2. The summed E-state index contributed by atoms with van der Waals surface area (Å²) < 4.78 is 15.9. The van der Waals surface area contributed by atoms with Gasteiger partial charge in [-0.3, -0.25) is 0 Å². The molecule has 2 rings (SSSR count). The average Bonchev–Trinajstić information content (AvgIpc) is 2.64. The van der Waals surface area contributed by atoms with E-state index in [0.717, 1.165) is 5.56 Å². The van der Waals surface area contributed by atoms with Crippen LogP contribution in [0.2, 0.25) is 0 Å². The van der Waals surface area contributed by atoms with E-state index in [-0.39, 0.29) is 12.0 Å². The molecule has 0 amide bonds. The van der Waals surface area contributed by atoms with Crippen LogP contribution in [0.4, 0.5) is 0 Å². The average molecular weight is 360 g/mol. The van der Waals surface area contributed by atoms with E-state index < -0.39 is 18.0 Å². The zero-order valence-electron chi connectivity index (χ0n) is 14.3. The van der Waals surface area contributed by atoms with Gasteiger partial charge in [0.15, 0.2) is 6.10 Å². The molecule has 0 bridgehead atoms. The Bertz CT molecular complexity index is 723. The maximum atomic E-state index is 11.0. The van der Waals surface area contributed by atoms with Gasteiger partial charge in [-0.2, -0.15) is 0 Å². The highest BCUT2D eigenvalue weighted by molar-refractivity contribution is 5.87. The number of carboxylic acid groups (broad SMARTS) is 2. The lowest BCUT2D eigenvalue weighted by Crippen LogP contribution is -2.24. The Morgan fingerprint density at radius 2 is 1.38 bits per heavy atom. The topological polar surface area (TPSA) is 102 Å². The molecular weight excluding hydrogens is 340 g/mol. The SMILES string of the molecule is COC(Cc1ccc(OCCOc2ccc(C(=O)O)cc2)cc1)C(=O)O. The smallest absolute Gasteiger partial charge is 0.335 e. The summed E-state index contributed by atoms with van der Waals surface area (Å²) in [6.45, 7) is 0.620. The standard InChI is InChI=1S/C19H20O7/c1-24-17(19(22)23)12-13-2-6-15(7-3-13)25-10-11-26-16-8-4-14(5-9-16)18(20)21/h2-9,17H,10-12H2,1H3,(H,20,21)(H,22,23). The molecular formula is C19H20O7. The predicted molar refractivity (Wildman–Crippen MR) is 93.0 cm³/mol. The number of rotatable bonds is 10. The lowest BCUT2D eigenvalue weighted by Gasteiger charge is -2.11. The van der Waals surface area contributed by atoms with Crippen molar-refractivity contribution in [1.29, 1.82) is 0 Å². The third kappa shape index (κ3) is 5.78. The van der Waals surface area contributed by atoms with E-state index in [2.05, 4.69) is 0 Å². The second-order valence-electron chi connectivity index (χ2n) is 5.44. The Hall–Kier alpha value is -3.06. The first kappa shape index (κ1) is 19.3. The molecule has 2 aromatic carbocycles. The Morgan fingerprint density at radius 3 is 1.81 bits per heavy atom. The normalized spacial score (nSPS) is 11.6. The molecule has 0 saturated heterocycles. The molecule has 26 heavy (non-hydrogen) atoms. The Labute approximate surface area is 150 Å². The minimum absolute atomic E-state index is 0.201. The van der Waals surface area contributed by atoms with Gasteiger partial charge in [0.25, 0.3) is 0 Å². The van der Waals surface area contributed by atoms with Crippen LogP contribution in [0.25, 0.3) is 0 Å². The molecule has 0 heterocycles. The van der Waals surface area contributed by atoms with Crippen molar-refractivity contribution in [3.8, 4) is 11.5 Å². The van der Waals surface area contributed by atoms with Crippen molar-refractivity contribution >= 4 is 11.9 Å². The van der Waals surface area contributed by atoms with Crippen LogP contribution >= 0.6 is 0 Å². The van der Waals surface area contributed by atoms with Crippen LogP contribution in [0, 0.1) is 0 Å². The molecule has 2 N–H and O–H groups in total. The van der Waals surface area contributed by atoms with E-state index in [1.807, 2.05) is 0 Å². The van der Waals surface area contributed by atoms with Crippen molar-refractivity contribution in [1.82, 2.24) is 0 Å². The van der Waals surface area contributed by atoms with Crippen molar-refractivity contribution in [3.05, 3.63) is 59.7 Å². The molecule has 7 nitrogen and oxygen atoms in total. The first-order valence-corrected chi connectivity index (χ1v) is 7.93. The van der Waals surface area contributed by atoms with Gasteiger partial charge in [0.2, 0.25) is 0 Å². The first-order chi connectivity index (χ1) is 12.5. The van der Waals surface area contributed by atoms with E-state index in [9.17, 15) is 9.59 Å². The van der Waals surface area contributed by atoms with Crippen molar-refractivity contribution in [2.45, 2.75) is 12.5 Å². The number of ether oxygens (including phenoxy) is 3. The maximum Gasteiger partial charge on any atom is 0.335 e. The molecule has 0 aliphatic carbocycles. The fourth-order valence-electron chi connectivity index (χ4n) is 2.22. The second-order valence-corrected chi connectivity index (χ2v) is 5.44. The van der Waals surface area contributed by atoms with Crippen molar-refractivity contribution in [3.63, 3.8) is 0 Å². The van der Waals surface area contributed by atoms with E-state index in [1.165, 1.54) is 19.2 Å². The molecule has 2 aromatic rings. The van der Waals surface area contributed by atoms with Gasteiger partial charge in [0.05, 0.1) is 5.56 Å². The largest absolute Gasteiger partial charge is 0.490 e. The number of carbonyl (C=O) groups is 2. The van der Waals surface area contributed by atoms with Crippen LogP contribution in [-0.4, -0.2) is 48.6 Å². The molecule has 0 aliphatic heterocycles. The summed E-state index contributed by atoms with van der Waals surface area (Å²) in [5.41, 5.74) is 1.04. The molecule has 0 spiro atoms. The summed E-state index contributed by atoms with van der Waals surface area (Å²) in [6.07, 6.45) is -0.593. The summed E-state index contributed by atoms with van der Waals surface area (Å²) in [6, 6.07) is 13.2. The predicted octanol–water partition coefficient (Wildman–Crippen LogP) is 2.48. The Morgan fingerprint density at radius 1 is 0.885 bits per heavy atom. The van der Waals surface area contributed by atoms with Crippen LogP contribution < -0.4 is 9.47 Å². The highest BCUT2D eigenvalue weighted by atomic mass is 16.5. The lowest BCUT2D eigenvalue weighted by atomic mass is 10.1. The minimum Gasteiger partial charge on any atom is -0.490 e. The summed E-state index contributed by atoms with van der Waals surface area (Å²) in [4.78, 5) is 21.7. The highest BCUT2D eigenvalue weighted by Crippen LogP contribution is 2.15.